The van der Waals surface area contributed by atoms with Gasteiger partial charge in [0.15, 0.2) is 0 Å². The zero-order valence-electron chi connectivity index (χ0n) is 12.4. The summed E-state index contributed by atoms with van der Waals surface area (Å²) in [6, 6.07) is -0.801. The molecular formula is C13H27N3O3. The van der Waals surface area contributed by atoms with Crippen LogP contribution in [0, 0.1) is 0 Å². The zero-order valence-corrected chi connectivity index (χ0v) is 12.4. The highest BCUT2D eigenvalue weighted by atomic mass is 16.4. The molecule has 0 aromatic carbocycles. The van der Waals surface area contributed by atoms with Gasteiger partial charge in [0.05, 0.1) is 0 Å². The molecule has 0 saturated heterocycles. The van der Waals surface area contributed by atoms with Crippen LogP contribution in [0.25, 0.3) is 0 Å². The van der Waals surface area contributed by atoms with E-state index in [1.165, 1.54) is 0 Å². The molecule has 0 aliphatic carbocycles. The molecule has 0 rings (SSSR count). The standard InChI is InChI=1S/C13H27N3O3/c1-5-6-7-11(12(17)18)15-13(19)14-8-9-16(4)10(2)3/h10-11H,5-9H2,1-4H3,(H,17,18)(H2,14,15,19). The third kappa shape index (κ3) is 8.42. The minimum atomic E-state index is -0.983. The van der Waals surface area contributed by atoms with E-state index in [1.807, 2.05) is 14.0 Å². The minimum Gasteiger partial charge on any atom is -0.480 e. The molecule has 3 N–H and O–H groups in total. The highest BCUT2D eigenvalue weighted by Gasteiger charge is 2.18. The summed E-state index contributed by atoms with van der Waals surface area (Å²) in [6.07, 6.45) is 2.16. The lowest BCUT2D eigenvalue weighted by molar-refractivity contribution is -0.139. The molecule has 0 spiro atoms. The molecule has 0 aromatic heterocycles. The van der Waals surface area contributed by atoms with Crippen LogP contribution in [-0.2, 0) is 4.79 Å². The van der Waals surface area contributed by atoms with Gasteiger partial charge in [-0.1, -0.05) is 19.8 Å². The zero-order chi connectivity index (χ0) is 14.8. The maximum absolute atomic E-state index is 11.6. The van der Waals surface area contributed by atoms with Gasteiger partial charge in [-0.3, -0.25) is 0 Å². The number of rotatable bonds is 9. The molecule has 0 heterocycles. The predicted octanol–water partition coefficient (Wildman–Crippen LogP) is 1.27. The van der Waals surface area contributed by atoms with Crippen molar-refractivity contribution in [3.8, 4) is 0 Å². The summed E-state index contributed by atoms with van der Waals surface area (Å²) in [6.45, 7) is 7.37. The molecule has 0 saturated carbocycles. The summed E-state index contributed by atoms with van der Waals surface area (Å²) >= 11 is 0. The number of nitrogens with one attached hydrogen (secondary N) is 2. The Labute approximate surface area is 115 Å². The van der Waals surface area contributed by atoms with E-state index in [4.69, 9.17) is 5.11 Å². The molecule has 0 fully saturated rings. The Morgan fingerprint density at radius 1 is 1.32 bits per heavy atom. The summed E-state index contributed by atoms with van der Waals surface area (Å²) in [5.74, 6) is -0.983. The smallest absolute Gasteiger partial charge is 0.326 e. The molecule has 0 aromatic rings. The van der Waals surface area contributed by atoms with Crippen LogP contribution in [0.2, 0.25) is 0 Å². The van der Waals surface area contributed by atoms with E-state index in [1.54, 1.807) is 0 Å². The molecule has 2 amide bonds. The highest BCUT2D eigenvalue weighted by molar-refractivity contribution is 5.82. The van der Waals surface area contributed by atoms with Gasteiger partial charge in [0.25, 0.3) is 0 Å². The van der Waals surface area contributed by atoms with Crippen LogP contribution in [0.1, 0.15) is 40.0 Å². The van der Waals surface area contributed by atoms with Gasteiger partial charge in [0.1, 0.15) is 6.04 Å². The van der Waals surface area contributed by atoms with Gasteiger partial charge >= 0.3 is 12.0 Å². The summed E-state index contributed by atoms with van der Waals surface area (Å²) < 4.78 is 0. The Morgan fingerprint density at radius 2 is 1.95 bits per heavy atom. The third-order valence-corrected chi connectivity index (χ3v) is 3.08. The fraction of sp³-hybridized carbons (Fsp3) is 0.846. The number of urea groups is 1. The van der Waals surface area contributed by atoms with E-state index < -0.39 is 18.0 Å². The minimum absolute atomic E-state index is 0.416. The fourth-order valence-corrected chi connectivity index (χ4v) is 1.48. The van der Waals surface area contributed by atoms with E-state index in [0.717, 1.165) is 19.4 Å². The normalized spacial score (nSPS) is 12.5. The van der Waals surface area contributed by atoms with E-state index in [2.05, 4.69) is 29.4 Å². The molecular weight excluding hydrogens is 246 g/mol. The first-order chi connectivity index (χ1) is 8.88. The molecule has 1 unspecified atom stereocenters. The lowest BCUT2D eigenvalue weighted by Gasteiger charge is -2.21. The van der Waals surface area contributed by atoms with E-state index in [0.29, 0.717) is 19.0 Å². The van der Waals surface area contributed by atoms with Crippen LogP contribution in [0.3, 0.4) is 0 Å². The molecule has 0 bridgehead atoms. The maximum Gasteiger partial charge on any atom is 0.326 e. The number of aliphatic carboxylic acids is 1. The van der Waals surface area contributed by atoms with Gasteiger partial charge in [0.2, 0.25) is 0 Å². The van der Waals surface area contributed by atoms with Crippen LogP contribution >= 0.6 is 0 Å². The molecule has 112 valence electrons. The number of hydrogen-bond donors (Lipinski definition) is 3. The number of carbonyl (C=O) groups excluding carboxylic acids is 1. The van der Waals surface area contributed by atoms with Crippen molar-refractivity contribution in [1.29, 1.82) is 0 Å². The molecule has 0 aliphatic heterocycles. The summed E-state index contributed by atoms with van der Waals surface area (Å²) in [5.41, 5.74) is 0. The number of carboxylic acids is 1. The SMILES string of the molecule is CCCCC(NC(=O)NCCN(C)C(C)C)C(=O)O. The van der Waals surface area contributed by atoms with Crippen molar-refractivity contribution in [1.82, 2.24) is 15.5 Å². The van der Waals surface area contributed by atoms with E-state index in [9.17, 15) is 9.59 Å². The summed E-state index contributed by atoms with van der Waals surface area (Å²) in [7, 11) is 1.98. The number of likely N-dealkylation sites (N-methyl/N-ethyl adjacent to an activating group) is 1. The second-order valence-corrected chi connectivity index (χ2v) is 5.01. The van der Waals surface area contributed by atoms with Crippen LogP contribution < -0.4 is 10.6 Å². The predicted molar refractivity (Wildman–Crippen MR) is 75.2 cm³/mol. The average molecular weight is 273 g/mol. The Bertz CT molecular complexity index is 282. The van der Waals surface area contributed by atoms with Crippen molar-refractivity contribution >= 4 is 12.0 Å². The monoisotopic (exact) mass is 273 g/mol. The number of nitrogens with zero attached hydrogens (tertiary/aromatic N) is 1. The van der Waals surface area contributed by atoms with Gasteiger partial charge in [0, 0.05) is 19.1 Å². The van der Waals surface area contributed by atoms with Crippen molar-refractivity contribution < 1.29 is 14.7 Å². The Balaban J connectivity index is 3.96. The van der Waals surface area contributed by atoms with Crippen molar-refractivity contribution in [2.75, 3.05) is 20.1 Å². The van der Waals surface area contributed by atoms with Crippen molar-refractivity contribution in [2.45, 2.75) is 52.1 Å². The fourth-order valence-electron chi connectivity index (χ4n) is 1.48. The first kappa shape index (κ1) is 17.7. The first-order valence-corrected chi connectivity index (χ1v) is 6.85. The van der Waals surface area contributed by atoms with E-state index >= 15 is 0 Å². The van der Waals surface area contributed by atoms with Crippen molar-refractivity contribution in [3.05, 3.63) is 0 Å². The first-order valence-electron chi connectivity index (χ1n) is 6.85. The average Bonchev–Trinajstić information content (AvgIpc) is 2.33. The summed E-state index contributed by atoms with van der Waals surface area (Å²) in [4.78, 5) is 24.6. The Morgan fingerprint density at radius 3 is 2.42 bits per heavy atom. The number of carboxylic acid groups (broad SMARTS) is 1. The second-order valence-electron chi connectivity index (χ2n) is 5.01. The van der Waals surface area contributed by atoms with Crippen molar-refractivity contribution in [3.63, 3.8) is 0 Å². The number of hydrogen-bond acceptors (Lipinski definition) is 3. The molecule has 6 nitrogen and oxygen atoms in total. The Hall–Kier alpha value is -1.30. The molecule has 1 atom stereocenters. The van der Waals surface area contributed by atoms with Crippen molar-refractivity contribution in [2.24, 2.45) is 0 Å². The van der Waals surface area contributed by atoms with Crippen LogP contribution in [0.5, 0.6) is 0 Å². The van der Waals surface area contributed by atoms with Gasteiger partial charge in [-0.25, -0.2) is 9.59 Å². The Kier molecular flexibility index (Phi) is 8.95. The highest BCUT2D eigenvalue weighted by Crippen LogP contribution is 2.00. The third-order valence-electron chi connectivity index (χ3n) is 3.08. The lowest BCUT2D eigenvalue weighted by Crippen LogP contribution is -2.47. The second kappa shape index (κ2) is 9.61. The number of carbonyl (C=O) groups is 2. The molecule has 0 radical (unpaired) electrons. The largest absolute Gasteiger partial charge is 0.480 e. The lowest BCUT2D eigenvalue weighted by atomic mass is 10.1. The van der Waals surface area contributed by atoms with Gasteiger partial charge in [-0.15, -0.1) is 0 Å². The van der Waals surface area contributed by atoms with Crippen LogP contribution in [0.15, 0.2) is 0 Å². The maximum atomic E-state index is 11.6. The molecule has 0 aliphatic rings. The molecule has 19 heavy (non-hydrogen) atoms. The summed E-state index contributed by atoms with van der Waals surface area (Å²) in [5, 5.41) is 14.1. The topological polar surface area (TPSA) is 81.7 Å². The molecule has 6 heteroatoms. The van der Waals surface area contributed by atoms with Crippen LogP contribution in [0.4, 0.5) is 4.79 Å². The van der Waals surface area contributed by atoms with Gasteiger partial charge < -0.3 is 20.6 Å². The van der Waals surface area contributed by atoms with Gasteiger partial charge in [-0.2, -0.15) is 0 Å². The number of amides is 2. The number of unbranched alkanes of at least 4 members (excludes halogenated alkanes) is 1. The van der Waals surface area contributed by atoms with Gasteiger partial charge in [-0.05, 0) is 27.3 Å². The van der Waals surface area contributed by atoms with E-state index in [-0.39, 0.29) is 0 Å². The van der Waals surface area contributed by atoms with Crippen LogP contribution in [-0.4, -0.2) is 54.2 Å². The quantitative estimate of drug-likeness (QED) is 0.591.